The molecule has 2 heterocycles. The summed E-state index contributed by atoms with van der Waals surface area (Å²) in [4.78, 5) is 39.9. The zero-order valence-electron chi connectivity index (χ0n) is 11.5. The Morgan fingerprint density at radius 1 is 1.45 bits per heavy atom. The van der Waals surface area contributed by atoms with Crippen LogP contribution in [0.1, 0.15) is 12.5 Å². The van der Waals surface area contributed by atoms with Gasteiger partial charge in [0.1, 0.15) is 6.04 Å². The zero-order chi connectivity index (χ0) is 15.9. The van der Waals surface area contributed by atoms with Crippen molar-refractivity contribution in [1.29, 1.82) is 0 Å². The molecule has 0 aliphatic rings. The van der Waals surface area contributed by atoms with Gasteiger partial charge in [-0.05, 0) is 13.0 Å². The first-order valence-corrected chi connectivity index (χ1v) is 6.25. The predicted octanol–water partition coefficient (Wildman–Crippen LogP) is -1.20. The summed E-state index contributed by atoms with van der Waals surface area (Å²) in [5.74, 6) is -0.647. The number of hydrogen-bond acceptors (Lipinski definition) is 7. The van der Waals surface area contributed by atoms with E-state index in [0.717, 1.165) is 5.56 Å². The van der Waals surface area contributed by atoms with Crippen molar-refractivity contribution in [2.24, 2.45) is 5.10 Å². The molecular formula is C12H13N7O3. The van der Waals surface area contributed by atoms with Crippen molar-refractivity contribution < 1.29 is 4.79 Å². The second-order valence-corrected chi connectivity index (χ2v) is 4.24. The molecule has 0 aliphatic carbocycles. The fraction of sp³-hybridized carbons (Fsp3) is 0.167. The summed E-state index contributed by atoms with van der Waals surface area (Å²) in [7, 11) is 0. The standard InChI is InChI=1S/C12H13N7O3/c1-7(15-9-11(21)16-12(22)19-17-9)10(20)18-14-6-8-3-2-4-13-5-8/h2-7H,1H3,(H,15,17)(H,18,20)(H2,16,19,21,22)/t7-/m1/s1. The number of nitrogens with zero attached hydrogens (tertiary/aromatic N) is 3. The maximum Gasteiger partial charge on any atom is 0.342 e. The minimum atomic E-state index is -0.787. The number of pyridine rings is 1. The van der Waals surface area contributed by atoms with E-state index in [4.69, 9.17) is 0 Å². The summed E-state index contributed by atoms with van der Waals surface area (Å²) in [5.41, 5.74) is 1.59. The normalized spacial score (nSPS) is 12.0. The molecule has 2 rings (SSSR count). The van der Waals surface area contributed by atoms with Crippen LogP contribution < -0.4 is 22.0 Å². The monoisotopic (exact) mass is 303 g/mol. The lowest BCUT2D eigenvalue weighted by molar-refractivity contribution is -0.121. The number of amides is 1. The quantitative estimate of drug-likeness (QED) is 0.403. The Balaban J connectivity index is 1.93. The van der Waals surface area contributed by atoms with Crippen LogP contribution in [0.5, 0.6) is 0 Å². The lowest BCUT2D eigenvalue weighted by atomic mass is 10.3. The Morgan fingerprint density at radius 3 is 2.95 bits per heavy atom. The molecule has 0 unspecified atom stereocenters. The minimum absolute atomic E-state index is 0.168. The van der Waals surface area contributed by atoms with E-state index in [1.807, 2.05) is 4.98 Å². The average molecular weight is 303 g/mol. The first kappa shape index (κ1) is 15.1. The van der Waals surface area contributed by atoms with Crippen LogP contribution >= 0.6 is 0 Å². The largest absolute Gasteiger partial charge is 0.353 e. The van der Waals surface area contributed by atoms with E-state index in [1.165, 1.54) is 13.1 Å². The Kier molecular flexibility index (Phi) is 4.75. The molecule has 10 heteroatoms. The third-order valence-electron chi connectivity index (χ3n) is 2.53. The molecule has 0 aromatic carbocycles. The van der Waals surface area contributed by atoms with Gasteiger partial charge >= 0.3 is 5.69 Å². The number of rotatable bonds is 5. The summed E-state index contributed by atoms with van der Waals surface area (Å²) in [5, 5.41) is 11.9. The summed E-state index contributed by atoms with van der Waals surface area (Å²) < 4.78 is 0. The fourth-order valence-corrected chi connectivity index (χ4v) is 1.44. The maximum absolute atomic E-state index is 11.8. The molecule has 0 saturated carbocycles. The van der Waals surface area contributed by atoms with Gasteiger partial charge in [-0.3, -0.25) is 19.6 Å². The highest BCUT2D eigenvalue weighted by atomic mass is 16.2. The van der Waals surface area contributed by atoms with Crippen LogP contribution in [-0.4, -0.2) is 38.3 Å². The average Bonchev–Trinajstić information content (AvgIpc) is 2.51. The van der Waals surface area contributed by atoms with Crippen LogP contribution in [0.3, 0.4) is 0 Å². The van der Waals surface area contributed by atoms with Gasteiger partial charge in [0.15, 0.2) is 0 Å². The van der Waals surface area contributed by atoms with Gasteiger partial charge in [-0.1, -0.05) is 6.07 Å². The molecule has 1 amide bonds. The van der Waals surface area contributed by atoms with Crippen molar-refractivity contribution in [1.82, 2.24) is 25.6 Å². The van der Waals surface area contributed by atoms with E-state index in [-0.39, 0.29) is 5.82 Å². The summed E-state index contributed by atoms with van der Waals surface area (Å²) in [6, 6.07) is 2.72. The smallest absolute Gasteiger partial charge is 0.342 e. The van der Waals surface area contributed by atoms with Gasteiger partial charge < -0.3 is 5.32 Å². The number of hydrogen-bond donors (Lipinski definition) is 4. The van der Waals surface area contributed by atoms with E-state index in [0.29, 0.717) is 0 Å². The second-order valence-electron chi connectivity index (χ2n) is 4.24. The van der Waals surface area contributed by atoms with Gasteiger partial charge in [0.05, 0.1) is 6.21 Å². The van der Waals surface area contributed by atoms with E-state index in [9.17, 15) is 14.4 Å². The van der Waals surface area contributed by atoms with Gasteiger partial charge in [-0.25, -0.2) is 15.3 Å². The molecule has 0 aliphatic heterocycles. The van der Waals surface area contributed by atoms with Gasteiger partial charge in [0.2, 0.25) is 5.82 Å². The number of carbonyl (C=O) groups excluding carboxylic acids is 1. The van der Waals surface area contributed by atoms with Crippen molar-refractivity contribution >= 4 is 17.9 Å². The van der Waals surface area contributed by atoms with Crippen molar-refractivity contribution in [3.8, 4) is 0 Å². The van der Waals surface area contributed by atoms with Crippen LogP contribution in [0.4, 0.5) is 5.82 Å². The van der Waals surface area contributed by atoms with E-state index < -0.39 is 23.2 Å². The number of carbonyl (C=O) groups is 1. The Labute approximate surface area is 123 Å². The Hall–Kier alpha value is -3.30. The highest BCUT2D eigenvalue weighted by Crippen LogP contribution is 1.94. The molecule has 114 valence electrons. The number of nitrogens with one attached hydrogen (secondary N) is 4. The Morgan fingerprint density at radius 2 is 2.27 bits per heavy atom. The number of anilines is 1. The fourth-order valence-electron chi connectivity index (χ4n) is 1.44. The lowest BCUT2D eigenvalue weighted by Gasteiger charge is -2.11. The molecular weight excluding hydrogens is 290 g/mol. The van der Waals surface area contributed by atoms with Crippen LogP contribution in [0, 0.1) is 0 Å². The summed E-state index contributed by atoms with van der Waals surface area (Å²) in [6.45, 7) is 1.52. The molecule has 2 aromatic heterocycles. The molecule has 0 fully saturated rings. The highest BCUT2D eigenvalue weighted by Gasteiger charge is 2.14. The number of aromatic nitrogens is 4. The maximum atomic E-state index is 11.8. The van der Waals surface area contributed by atoms with Gasteiger partial charge in [0.25, 0.3) is 11.5 Å². The van der Waals surface area contributed by atoms with E-state index >= 15 is 0 Å². The third-order valence-corrected chi connectivity index (χ3v) is 2.53. The summed E-state index contributed by atoms with van der Waals surface area (Å²) >= 11 is 0. The molecule has 0 bridgehead atoms. The zero-order valence-corrected chi connectivity index (χ0v) is 11.5. The van der Waals surface area contributed by atoms with Crippen molar-refractivity contribution in [3.05, 3.63) is 50.9 Å². The Bertz CT molecular complexity index is 781. The second kappa shape index (κ2) is 6.92. The summed E-state index contributed by atoms with van der Waals surface area (Å²) in [6.07, 6.45) is 4.64. The number of H-pyrrole nitrogens is 2. The van der Waals surface area contributed by atoms with Crippen molar-refractivity contribution in [2.45, 2.75) is 13.0 Å². The highest BCUT2D eigenvalue weighted by molar-refractivity contribution is 5.86. The van der Waals surface area contributed by atoms with E-state index in [2.05, 4.69) is 31.0 Å². The van der Waals surface area contributed by atoms with Crippen LogP contribution in [0.25, 0.3) is 0 Å². The third kappa shape index (κ3) is 4.10. The first-order valence-electron chi connectivity index (χ1n) is 6.25. The number of aromatic amines is 2. The van der Waals surface area contributed by atoms with Crippen LogP contribution in [0.2, 0.25) is 0 Å². The minimum Gasteiger partial charge on any atom is -0.353 e. The molecule has 0 spiro atoms. The van der Waals surface area contributed by atoms with Gasteiger partial charge in [-0.2, -0.15) is 5.10 Å². The van der Waals surface area contributed by atoms with Crippen LogP contribution in [0.15, 0.2) is 39.2 Å². The molecule has 0 saturated heterocycles. The predicted molar refractivity (Wildman–Crippen MR) is 78.5 cm³/mol. The molecule has 0 radical (unpaired) electrons. The van der Waals surface area contributed by atoms with Crippen LogP contribution in [-0.2, 0) is 4.79 Å². The molecule has 2 aromatic rings. The van der Waals surface area contributed by atoms with E-state index in [1.54, 1.807) is 24.5 Å². The topological polar surface area (TPSA) is 145 Å². The first-order chi connectivity index (χ1) is 10.6. The molecule has 10 nitrogen and oxygen atoms in total. The van der Waals surface area contributed by atoms with Crippen molar-refractivity contribution in [3.63, 3.8) is 0 Å². The van der Waals surface area contributed by atoms with Gasteiger partial charge in [0, 0.05) is 18.0 Å². The van der Waals surface area contributed by atoms with Gasteiger partial charge in [-0.15, -0.1) is 5.10 Å². The lowest BCUT2D eigenvalue weighted by Crippen LogP contribution is -2.38. The van der Waals surface area contributed by atoms with Crippen molar-refractivity contribution in [2.75, 3.05) is 5.32 Å². The SMILES string of the molecule is C[C@@H](Nc1n[nH]c(=O)[nH]c1=O)C(=O)NN=Cc1cccnc1. The number of hydrazone groups is 1. The molecule has 22 heavy (non-hydrogen) atoms. The molecule has 4 N–H and O–H groups in total. The molecule has 1 atom stereocenters.